The molecule has 1 amide bonds. The monoisotopic (exact) mass is 259 g/mol. The number of fused-ring (bicyclic) bond motifs is 1. The number of hydrogen-bond donors (Lipinski definition) is 1. The average molecular weight is 259 g/mol. The van der Waals surface area contributed by atoms with Gasteiger partial charge in [-0.1, -0.05) is 12.1 Å². The molecule has 0 spiro atoms. The van der Waals surface area contributed by atoms with Gasteiger partial charge >= 0.3 is 0 Å². The van der Waals surface area contributed by atoms with E-state index >= 15 is 0 Å². The van der Waals surface area contributed by atoms with E-state index in [1.165, 1.54) is 19.4 Å². The normalized spacial score (nSPS) is 23.4. The molecule has 2 aliphatic heterocycles. The van der Waals surface area contributed by atoms with Gasteiger partial charge in [0.2, 0.25) is 0 Å². The van der Waals surface area contributed by atoms with E-state index in [4.69, 9.17) is 5.73 Å². The summed E-state index contributed by atoms with van der Waals surface area (Å²) in [6.07, 6.45) is 2.51. The highest BCUT2D eigenvalue weighted by molar-refractivity contribution is 5.94. The van der Waals surface area contributed by atoms with Crippen molar-refractivity contribution in [2.45, 2.75) is 25.4 Å². The molecule has 1 unspecified atom stereocenters. The van der Waals surface area contributed by atoms with Gasteiger partial charge in [0, 0.05) is 37.8 Å². The van der Waals surface area contributed by atoms with E-state index in [9.17, 15) is 4.79 Å². The van der Waals surface area contributed by atoms with Gasteiger partial charge in [-0.2, -0.15) is 0 Å². The molecule has 0 radical (unpaired) electrons. The number of piperazine rings is 1. The molecule has 2 heterocycles. The van der Waals surface area contributed by atoms with Crippen LogP contribution < -0.4 is 5.73 Å². The van der Waals surface area contributed by atoms with Crippen molar-refractivity contribution < 1.29 is 4.79 Å². The van der Waals surface area contributed by atoms with Crippen molar-refractivity contribution in [3.8, 4) is 0 Å². The Kier molecular flexibility index (Phi) is 3.53. The molecule has 1 aromatic rings. The minimum atomic E-state index is 0.162. The lowest BCUT2D eigenvalue weighted by atomic mass is 10.1. The predicted molar refractivity (Wildman–Crippen MR) is 74.8 cm³/mol. The third kappa shape index (κ3) is 2.51. The number of hydrogen-bond acceptors (Lipinski definition) is 3. The Morgan fingerprint density at radius 2 is 2.00 bits per heavy atom. The van der Waals surface area contributed by atoms with Gasteiger partial charge in [-0.05, 0) is 37.1 Å². The molecule has 2 fully saturated rings. The van der Waals surface area contributed by atoms with E-state index in [0.29, 0.717) is 12.6 Å². The Labute approximate surface area is 114 Å². The fourth-order valence-electron chi connectivity index (χ4n) is 3.14. The van der Waals surface area contributed by atoms with Crippen LogP contribution in [0.1, 0.15) is 28.8 Å². The van der Waals surface area contributed by atoms with Crippen LogP contribution in [0, 0.1) is 0 Å². The van der Waals surface area contributed by atoms with Crippen LogP contribution in [0.5, 0.6) is 0 Å². The lowest BCUT2D eigenvalue weighted by molar-refractivity contribution is 0.0571. The Morgan fingerprint density at radius 3 is 2.74 bits per heavy atom. The molecule has 2 saturated heterocycles. The first-order valence-electron chi connectivity index (χ1n) is 7.10. The molecular formula is C15H21N3O. The fraction of sp³-hybridized carbons (Fsp3) is 0.533. The molecule has 19 heavy (non-hydrogen) atoms. The topological polar surface area (TPSA) is 49.6 Å². The largest absolute Gasteiger partial charge is 0.336 e. The predicted octanol–water partition coefficient (Wildman–Crippen LogP) is 1.07. The van der Waals surface area contributed by atoms with Crippen molar-refractivity contribution in [3.05, 3.63) is 35.4 Å². The minimum Gasteiger partial charge on any atom is -0.336 e. The Morgan fingerprint density at radius 1 is 1.21 bits per heavy atom. The summed E-state index contributed by atoms with van der Waals surface area (Å²) in [5, 5.41) is 0. The molecule has 0 aliphatic carbocycles. The summed E-state index contributed by atoms with van der Waals surface area (Å²) in [7, 11) is 0. The Bertz CT molecular complexity index is 457. The molecule has 4 nitrogen and oxygen atoms in total. The zero-order chi connectivity index (χ0) is 13.2. The van der Waals surface area contributed by atoms with Crippen LogP contribution >= 0.6 is 0 Å². The summed E-state index contributed by atoms with van der Waals surface area (Å²) in [5.74, 6) is 0.162. The van der Waals surface area contributed by atoms with Gasteiger partial charge in [-0.25, -0.2) is 0 Å². The van der Waals surface area contributed by atoms with Crippen molar-refractivity contribution in [3.63, 3.8) is 0 Å². The highest BCUT2D eigenvalue weighted by Crippen LogP contribution is 2.22. The van der Waals surface area contributed by atoms with Crippen LogP contribution in [0.2, 0.25) is 0 Å². The standard InChI is InChI=1S/C15H21N3O/c16-10-12-3-5-13(6-4-12)15(19)18-9-8-17-7-1-2-14(17)11-18/h3-6,14H,1-2,7-11,16H2. The SMILES string of the molecule is NCc1ccc(C(=O)N2CCN3CCCC3C2)cc1. The molecule has 0 saturated carbocycles. The molecule has 1 atom stereocenters. The van der Waals surface area contributed by atoms with Crippen LogP contribution in [0.25, 0.3) is 0 Å². The molecule has 4 heteroatoms. The number of nitrogens with zero attached hydrogens (tertiary/aromatic N) is 2. The van der Waals surface area contributed by atoms with Gasteiger partial charge < -0.3 is 10.6 Å². The van der Waals surface area contributed by atoms with Gasteiger partial charge in [0.15, 0.2) is 0 Å². The smallest absolute Gasteiger partial charge is 0.253 e. The lowest BCUT2D eigenvalue weighted by Gasteiger charge is -2.37. The van der Waals surface area contributed by atoms with Crippen LogP contribution in [0.15, 0.2) is 24.3 Å². The summed E-state index contributed by atoms with van der Waals surface area (Å²) in [6, 6.07) is 8.26. The quantitative estimate of drug-likeness (QED) is 0.864. The van der Waals surface area contributed by atoms with Crippen molar-refractivity contribution in [2.24, 2.45) is 5.73 Å². The highest BCUT2D eigenvalue weighted by Gasteiger charge is 2.32. The molecule has 3 rings (SSSR count). The van der Waals surface area contributed by atoms with Crippen molar-refractivity contribution >= 4 is 5.91 Å². The first-order valence-corrected chi connectivity index (χ1v) is 7.10. The van der Waals surface area contributed by atoms with Crippen LogP contribution in [-0.4, -0.2) is 47.9 Å². The highest BCUT2D eigenvalue weighted by atomic mass is 16.2. The summed E-state index contributed by atoms with van der Waals surface area (Å²) >= 11 is 0. The zero-order valence-electron chi connectivity index (χ0n) is 11.2. The summed E-state index contributed by atoms with van der Waals surface area (Å²) in [6.45, 7) is 4.50. The number of carbonyl (C=O) groups is 1. The van der Waals surface area contributed by atoms with E-state index in [2.05, 4.69) is 4.90 Å². The second-order valence-electron chi connectivity index (χ2n) is 5.48. The minimum absolute atomic E-state index is 0.162. The molecule has 0 bridgehead atoms. The maximum atomic E-state index is 12.5. The lowest BCUT2D eigenvalue weighted by Crippen LogP contribution is -2.52. The first kappa shape index (κ1) is 12.6. The number of carbonyl (C=O) groups excluding carboxylic acids is 1. The van der Waals surface area contributed by atoms with Gasteiger partial charge in [0.1, 0.15) is 0 Å². The average Bonchev–Trinajstić information content (AvgIpc) is 2.94. The van der Waals surface area contributed by atoms with E-state index in [-0.39, 0.29) is 5.91 Å². The van der Waals surface area contributed by atoms with Crippen molar-refractivity contribution in [1.82, 2.24) is 9.80 Å². The third-order valence-corrected chi connectivity index (χ3v) is 4.31. The molecule has 0 aromatic heterocycles. The van der Waals surface area contributed by atoms with Crippen molar-refractivity contribution in [1.29, 1.82) is 0 Å². The Balaban J connectivity index is 1.69. The van der Waals surface area contributed by atoms with E-state index in [1.54, 1.807) is 0 Å². The van der Waals surface area contributed by atoms with Gasteiger partial charge in [-0.3, -0.25) is 9.69 Å². The van der Waals surface area contributed by atoms with E-state index in [1.807, 2.05) is 29.2 Å². The number of rotatable bonds is 2. The molecule has 2 N–H and O–H groups in total. The van der Waals surface area contributed by atoms with Gasteiger partial charge in [-0.15, -0.1) is 0 Å². The third-order valence-electron chi connectivity index (χ3n) is 4.31. The molecule has 2 aliphatic rings. The number of benzene rings is 1. The molecular weight excluding hydrogens is 238 g/mol. The van der Waals surface area contributed by atoms with Crippen molar-refractivity contribution in [2.75, 3.05) is 26.2 Å². The second kappa shape index (κ2) is 5.31. The van der Waals surface area contributed by atoms with Crippen LogP contribution in [0.4, 0.5) is 0 Å². The van der Waals surface area contributed by atoms with Crippen LogP contribution in [-0.2, 0) is 6.54 Å². The van der Waals surface area contributed by atoms with Crippen LogP contribution in [0.3, 0.4) is 0 Å². The van der Waals surface area contributed by atoms with E-state index in [0.717, 1.165) is 30.8 Å². The van der Waals surface area contributed by atoms with Gasteiger partial charge in [0.05, 0.1) is 0 Å². The maximum absolute atomic E-state index is 12.5. The number of amides is 1. The molecule has 1 aromatic carbocycles. The summed E-state index contributed by atoms with van der Waals surface area (Å²) < 4.78 is 0. The zero-order valence-corrected chi connectivity index (χ0v) is 11.2. The number of nitrogens with two attached hydrogens (primary N) is 1. The Hall–Kier alpha value is -1.39. The van der Waals surface area contributed by atoms with Gasteiger partial charge in [0.25, 0.3) is 5.91 Å². The summed E-state index contributed by atoms with van der Waals surface area (Å²) in [5.41, 5.74) is 7.42. The van der Waals surface area contributed by atoms with E-state index < -0.39 is 0 Å². The summed E-state index contributed by atoms with van der Waals surface area (Å²) in [4.78, 5) is 17.0. The first-order chi connectivity index (χ1) is 9.28. The maximum Gasteiger partial charge on any atom is 0.253 e. The molecule has 102 valence electrons. The second-order valence-corrected chi connectivity index (χ2v) is 5.48. The fourth-order valence-corrected chi connectivity index (χ4v) is 3.14.